The van der Waals surface area contributed by atoms with E-state index in [2.05, 4.69) is 15.4 Å². The summed E-state index contributed by atoms with van der Waals surface area (Å²) < 4.78 is 18.3. The number of aromatic nitrogens is 6. The molecule has 5 aromatic rings. The lowest BCUT2D eigenvalue weighted by atomic mass is 10.0. The number of primary amides is 1. The highest BCUT2D eigenvalue weighted by atomic mass is 19.1. The molecule has 0 aliphatic carbocycles. The zero-order chi connectivity index (χ0) is 28.0. The number of carbonyl (C=O) groups excluding carboxylic acids is 2. The summed E-state index contributed by atoms with van der Waals surface area (Å²) in [7, 11) is 1.60. The van der Waals surface area contributed by atoms with Crippen LogP contribution in [0.3, 0.4) is 0 Å². The third-order valence-electron chi connectivity index (χ3n) is 6.37. The summed E-state index contributed by atoms with van der Waals surface area (Å²) in [6.45, 7) is 5.46. The summed E-state index contributed by atoms with van der Waals surface area (Å²) in [5, 5.41) is 11.6. The number of benzene rings is 2. The Hall–Kier alpha value is -5.13. The molecule has 3 heterocycles. The third kappa shape index (κ3) is 4.45. The molecule has 3 aromatic heterocycles. The van der Waals surface area contributed by atoms with Gasteiger partial charge in [0.15, 0.2) is 5.69 Å². The summed E-state index contributed by atoms with van der Waals surface area (Å²) in [6, 6.07) is 10.9. The van der Waals surface area contributed by atoms with Gasteiger partial charge in [-0.05, 0) is 50.6 Å². The second-order valence-corrected chi connectivity index (χ2v) is 9.05. The molecule has 0 saturated heterocycles. The molecule has 0 spiro atoms. The molecule has 12 heteroatoms. The van der Waals surface area contributed by atoms with Gasteiger partial charge in [-0.1, -0.05) is 19.1 Å². The van der Waals surface area contributed by atoms with Crippen LogP contribution in [0.2, 0.25) is 0 Å². The zero-order valence-corrected chi connectivity index (χ0v) is 21.7. The van der Waals surface area contributed by atoms with E-state index < -0.39 is 17.6 Å². The van der Waals surface area contributed by atoms with Crippen molar-refractivity contribution in [1.29, 1.82) is 0 Å². The van der Waals surface area contributed by atoms with Gasteiger partial charge in [-0.2, -0.15) is 10.2 Å². The summed E-state index contributed by atoms with van der Waals surface area (Å²) >= 11 is 0. The Morgan fingerprint density at radius 2 is 1.79 bits per heavy atom. The highest BCUT2D eigenvalue weighted by Gasteiger charge is 2.22. The van der Waals surface area contributed by atoms with E-state index in [-0.39, 0.29) is 22.6 Å². The first-order valence-electron chi connectivity index (χ1n) is 12.1. The van der Waals surface area contributed by atoms with Gasteiger partial charge in [-0.15, -0.1) is 0 Å². The molecule has 0 aliphatic rings. The minimum Gasteiger partial charge on any atom is -0.366 e. The number of carbonyl (C=O) groups is 2. The first-order chi connectivity index (χ1) is 18.6. The molecule has 0 atom stereocenters. The van der Waals surface area contributed by atoms with Crippen molar-refractivity contribution in [3.63, 3.8) is 0 Å². The Bertz CT molecular complexity index is 1830. The van der Waals surface area contributed by atoms with Gasteiger partial charge in [0.25, 0.3) is 11.8 Å². The molecule has 0 bridgehead atoms. The van der Waals surface area contributed by atoms with Crippen molar-refractivity contribution in [2.75, 3.05) is 5.32 Å². The van der Waals surface area contributed by atoms with Crippen LogP contribution in [0.15, 0.2) is 53.5 Å². The first kappa shape index (κ1) is 25.5. The Morgan fingerprint density at radius 3 is 2.41 bits per heavy atom. The lowest BCUT2D eigenvalue weighted by molar-refractivity contribution is 0.0992. The van der Waals surface area contributed by atoms with Crippen molar-refractivity contribution in [2.45, 2.75) is 27.2 Å². The fourth-order valence-electron chi connectivity index (χ4n) is 4.61. The van der Waals surface area contributed by atoms with Gasteiger partial charge in [-0.25, -0.2) is 27.9 Å². The number of nitrogens with one attached hydrogen (secondary N) is 1. The van der Waals surface area contributed by atoms with Gasteiger partial charge in [0.2, 0.25) is 0 Å². The molecule has 0 radical (unpaired) electrons. The maximum Gasteiger partial charge on any atom is 0.350 e. The van der Waals surface area contributed by atoms with Crippen LogP contribution in [0.25, 0.3) is 22.5 Å². The van der Waals surface area contributed by atoms with Crippen molar-refractivity contribution in [1.82, 2.24) is 28.9 Å². The van der Waals surface area contributed by atoms with Gasteiger partial charge in [0.05, 0.1) is 28.8 Å². The largest absolute Gasteiger partial charge is 0.366 e. The van der Waals surface area contributed by atoms with E-state index in [0.29, 0.717) is 34.8 Å². The van der Waals surface area contributed by atoms with Crippen LogP contribution in [0, 0.1) is 19.7 Å². The summed E-state index contributed by atoms with van der Waals surface area (Å²) in [6.07, 6.45) is 2.28. The normalized spacial score (nSPS) is 11.2. The smallest absolute Gasteiger partial charge is 0.350 e. The first-order valence-corrected chi connectivity index (χ1v) is 12.1. The molecule has 0 saturated carbocycles. The zero-order valence-electron chi connectivity index (χ0n) is 21.7. The van der Waals surface area contributed by atoms with E-state index in [1.54, 1.807) is 31.6 Å². The molecule has 198 valence electrons. The van der Waals surface area contributed by atoms with E-state index in [1.807, 2.05) is 31.2 Å². The number of anilines is 1. The Kier molecular flexibility index (Phi) is 6.30. The minimum absolute atomic E-state index is 0.129. The maximum atomic E-state index is 13.9. The van der Waals surface area contributed by atoms with Gasteiger partial charge in [0, 0.05) is 23.9 Å². The lowest BCUT2D eigenvalue weighted by Crippen LogP contribution is -2.21. The molecular weight excluding hydrogens is 503 g/mol. The van der Waals surface area contributed by atoms with Crippen molar-refractivity contribution in [2.24, 2.45) is 12.8 Å². The molecule has 39 heavy (non-hydrogen) atoms. The van der Waals surface area contributed by atoms with Gasteiger partial charge in [0.1, 0.15) is 17.2 Å². The van der Waals surface area contributed by atoms with Gasteiger partial charge in [-0.3, -0.25) is 9.59 Å². The van der Waals surface area contributed by atoms with Crippen LogP contribution in [0.4, 0.5) is 10.1 Å². The molecule has 2 aromatic carbocycles. The number of hydrogen-bond acceptors (Lipinski definition) is 6. The number of aryl methyl sites for hydroxylation is 4. The van der Waals surface area contributed by atoms with Crippen LogP contribution < -0.4 is 16.7 Å². The van der Waals surface area contributed by atoms with Crippen LogP contribution in [-0.4, -0.2) is 40.8 Å². The average molecular weight is 529 g/mol. The molecule has 11 nitrogen and oxygen atoms in total. The molecule has 5 rings (SSSR count). The SMILES string of the molecule is CCc1c(-c2ccc(-n3c(C)nn(C)c3=O)cc2)nn2cc(C)nc(C(=O)Nc3ccc(F)c(C(N)=O)c3)c12. The van der Waals surface area contributed by atoms with E-state index in [1.165, 1.54) is 21.4 Å². The lowest BCUT2D eigenvalue weighted by Gasteiger charge is -2.09. The van der Waals surface area contributed by atoms with E-state index in [0.717, 1.165) is 17.2 Å². The predicted molar refractivity (Wildman–Crippen MR) is 143 cm³/mol. The fourth-order valence-corrected chi connectivity index (χ4v) is 4.61. The monoisotopic (exact) mass is 528 g/mol. The average Bonchev–Trinajstić information content (AvgIpc) is 3.39. The van der Waals surface area contributed by atoms with Crippen molar-refractivity contribution >= 4 is 23.0 Å². The summed E-state index contributed by atoms with van der Waals surface area (Å²) in [5.74, 6) is -1.70. The van der Waals surface area contributed by atoms with Crippen LogP contribution in [-0.2, 0) is 13.5 Å². The Labute approximate surface area is 221 Å². The minimum atomic E-state index is -0.942. The second-order valence-electron chi connectivity index (χ2n) is 9.05. The molecule has 0 aliphatic heterocycles. The number of nitrogens with two attached hydrogens (primary N) is 1. The number of hydrogen-bond donors (Lipinski definition) is 2. The van der Waals surface area contributed by atoms with Crippen LogP contribution in [0.5, 0.6) is 0 Å². The molecular formula is C27H25FN8O3. The summed E-state index contributed by atoms with van der Waals surface area (Å²) in [4.78, 5) is 41.8. The highest BCUT2D eigenvalue weighted by Crippen LogP contribution is 2.30. The molecule has 0 fully saturated rings. The number of rotatable bonds is 6. The number of amides is 2. The quantitative estimate of drug-likeness (QED) is 0.347. The molecule has 0 unspecified atom stereocenters. The third-order valence-corrected chi connectivity index (χ3v) is 6.37. The molecule has 2 amide bonds. The van der Waals surface area contributed by atoms with Gasteiger partial charge < -0.3 is 11.1 Å². The highest BCUT2D eigenvalue weighted by molar-refractivity contribution is 6.09. The standard InChI is InChI=1S/C27H25FN8O3/c1-5-19-22(16-6-9-18(10-7-16)36-15(3)32-34(4)27(36)39)33-35-13-14(2)30-23(24(19)35)26(38)31-17-8-11-21(28)20(12-17)25(29)37/h6-13H,5H2,1-4H3,(H2,29,37)(H,31,38). The van der Waals surface area contributed by atoms with E-state index in [9.17, 15) is 18.8 Å². The van der Waals surface area contributed by atoms with Crippen molar-refractivity contribution < 1.29 is 14.0 Å². The second kappa shape index (κ2) is 9.63. The Morgan fingerprint density at radius 1 is 1.08 bits per heavy atom. The fraction of sp³-hybridized carbons (Fsp3) is 0.185. The topological polar surface area (TPSA) is 142 Å². The molecule has 3 N–H and O–H groups in total. The van der Waals surface area contributed by atoms with E-state index >= 15 is 0 Å². The Balaban J connectivity index is 1.57. The number of halogens is 1. The van der Waals surface area contributed by atoms with Crippen molar-refractivity contribution in [3.8, 4) is 16.9 Å². The van der Waals surface area contributed by atoms with E-state index in [4.69, 9.17) is 10.8 Å². The number of nitrogens with zero attached hydrogens (tertiary/aromatic N) is 6. The van der Waals surface area contributed by atoms with Crippen molar-refractivity contribution in [3.05, 3.63) is 93.3 Å². The number of fused-ring (bicyclic) bond motifs is 1. The van der Waals surface area contributed by atoms with Crippen LogP contribution >= 0.6 is 0 Å². The van der Waals surface area contributed by atoms with Gasteiger partial charge >= 0.3 is 5.69 Å². The van der Waals surface area contributed by atoms with Crippen LogP contribution in [0.1, 0.15) is 44.9 Å². The maximum absolute atomic E-state index is 13.9. The predicted octanol–water partition coefficient (Wildman–Crippen LogP) is 2.95. The summed E-state index contributed by atoms with van der Waals surface area (Å²) in [5.41, 5.74) is 9.00.